The Kier molecular flexibility index (Phi) is 5.37. The normalized spacial score (nSPS) is 12.7. The molecule has 0 spiro atoms. The van der Waals surface area contributed by atoms with Gasteiger partial charge in [0.2, 0.25) is 0 Å². The number of nitriles is 1. The zero-order valence-corrected chi connectivity index (χ0v) is 13.3. The van der Waals surface area contributed by atoms with Crippen LogP contribution in [-0.4, -0.2) is 19.7 Å². The Hall–Kier alpha value is -2.80. The first-order chi connectivity index (χ1) is 11.2. The van der Waals surface area contributed by atoms with Crippen molar-refractivity contribution in [2.45, 2.75) is 18.8 Å². The van der Waals surface area contributed by atoms with Crippen LogP contribution in [0.1, 0.15) is 18.1 Å². The minimum atomic E-state index is -1.40. The fraction of sp³-hybridized carbons (Fsp3) is 0.263. The smallest absolute Gasteiger partial charge is 0.331 e. The molecule has 4 heteroatoms. The first kappa shape index (κ1) is 16.6. The molecule has 2 aromatic rings. The van der Waals surface area contributed by atoms with Gasteiger partial charge in [0.15, 0.2) is 5.41 Å². The van der Waals surface area contributed by atoms with Crippen molar-refractivity contribution in [2.24, 2.45) is 0 Å². The highest BCUT2D eigenvalue weighted by Crippen LogP contribution is 2.32. The Morgan fingerprint density at radius 2 is 1.91 bits per heavy atom. The predicted molar refractivity (Wildman–Crippen MR) is 87.1 cm³/mol. The molecule has 0 aromatic heterocycles. The molecule has 0 amide bonds. The first-order valence-corrected chi connectivity index (χ1v) is 7.43. The van der Waals surface area contributed by atoms with Crippen LogP contribution in [0.3, 0.4) is 0 Å². The van der Waals surface area contributed by atoms with Crippen molar-refractivity contribution in [3.05, 3.63) is 65.7 Å². The summed E-state index contributed by atoms with van der Waals surface area (Å²) < 4.78 is 10.4. The van der Waals surface area contributed by atoms with E-state index in [9.17, 15) is 10.1 Å². The minimum Gasteiger partial charge on any atom is -0.497 e. The van der Waals surface area contributed by atoms with Gasteiger partial charge in [0, 0.05) is 6.42 Å². The van der Waals surface area contributed by atoms with E-state index in [-0.39, 0.29) is 13.0 Å². The number of hydrogen-bond acceptors (Lipinski definition) is 4. The van der Waals surface area contributed by atoms with Crippen LogP contribution in [-0.2, 0) is 21.4 Å². The zero-order valence-electron chi connectivity index (χ0n) is 13.3. The summed E-state index contributed by atoms with van der Waals surface area (Å²) in [5.74, 6) is 0.0547. The predicted octanol–water partition coefficient (Wildman–Crippen LogP) is 3.26. The van der Waals surface area contributed by atoms with Gasteiger partial charge in [-0.05, 0) is 30.2 Å². The Morgan fingerprint density at radius 3 is 2.52 bits per heavy atom. The second kappa shape index (κ2) is 7.46. The number of carbonyl (C=O) groups is 1. The highest BCUT2D eigenvalue weighted by atomic mass is 16.5. The maximum absolute atomic E-state index is 12.6. The van der Waals surface area contributed by atoms with Crippen LogP contribution in [0.4, 0.5) is 0 Å². The third-order valence-electron chi connectivity index (χ3n) is 3.69. The van der Waals surface area contributed by atoms with Crippen molar-refractivity contribution >= 4 is 5.97 Å². The average molecular weight is 309 g/mol. The molecule has 4 nitrogen and oxygen atoms in total. The summed E-state index contributed by atoms with van der Waals surface area (Å²) in [4.78, 5) is 12.6. The molecule has 1 atom stereocenters. The molecule has 0 bridgehead atoms. The molecule has 0 fully saturated rings. The lowest BCUT2D eigenvalue weighted by Crippen LogP contribution is -2.38. The van der Waals surface area contributed by atoms with Crippen LogP contribution < -0.4 is 4.74 Å². The number of esters is 1. The molecule has 0 aliphatic carbocycles. The van der Waals surface area contributed by atoms with Crippen molar-refractivity contribution in [1.82, 2.24) is 0 Å². The Labute approximate surface area is 136 Å². The molecule has 0 saturated carbocycles. The van der Waals surface area contributed by atoms with Gasteiger partial charge in [-0.25, -0.2) is 4.79 Å². The van der Waals surface area contributed by atoms with Gasteiger partial charge in [0.1, 0.15) is 5.75 Å². The van der Waals surface area contributed by atoms with E-state index in [1.165, 1.54) is 0 Å². The lowest BCUT2D eigenvalue weighted by atomic mass is 9.76. The van der Waals surface area contributed by atoms with Crippen molar-refractivity contribution < 1.29 is 14.3 Å². The summed E-state index contributed by atoms with van der Waals surface area (Å²) in [6.07, 6.45) is 0.246. The Bertz CT molecular complexity index is 706. The van der Waals surface area contributed by atoms with Gasteiger partial charge in [-0.1, -0.05) is 42.5 Å². The molecule has 2 rings (SSSR count). The summed E-state index contributed by atoms with van der Waals surface area (Å²) in [5, 5.41) is 9.86. The largest absolute Gasteiger partial charge is 0.497 e. The number of rotatable bonds is 6. The van der Waals surface area contributed by atoms with E-state index < -0.39 is 11.4 Å². The number of nitrogens with zero attached hydrogens (tertiary/aromatic N) is 1. The number of methoxy groups -OCH3 is 1. The summed E-state index contributed by atoms with van der Waals surface area (Å²) in [7, 11) is 1.55. The molecule has 118 valence electrons. The number of carbonyl (C=O) groups excluding carboxylic acids is 1. The molecule has 0 unspecified atom stereocenters. The Balaban J connectivity index is 2.53. The highest BCUT2D eigenvalue weighted by Gasteiger charge is 2.42. The average Bonchev–Trinajstić information content (AvgIpc) is 2.61. The lowest BCUT2D eigenvalue weighted by molar-refractivity contribution is -0.147. The van der Waals surface area contributed by atoms with E-state index >= 15 is 0 Å². The number of benzene rings is 2. The highest BCUT2D eigenvalue weighted by molar-refractivity contribution is 5.87. The van der Waals surface area contributed by atoms with Crippen molar-refractivity contribution in [1.29, 1.82) is 5.26 Å². The number of hydrogen-bond donors (Lipinski definition) is 0. The zero-order chi connectivity index (χ0) is 16.7. The molecule has 0 radical (unpaired) electrons. The maximum atomic E-state index is 12.6. The fourth-order valence-corrected chi connectivity index (χ4v) is 2.49. The maximum Gasteiger partial charge on any atom is 0.331 e. The molecule has 0 aliphatic heterocycles. The van der Waals surface area contributed by atoms with Crippen LogP contribution in [0.5, 0.6) is 5.75 Å². The van der Waals surface area contributed by atoms with Crippen LogP contribution >= 0.6 is 0 Å². The van der Waals surface area contributed by atoms with Gasteiger partial charge in [-0.15, -0.1) is 0 Å². The van der Waals surface area contributed by atoms with Crippen LogP contribution in [0.25, 0.3) is 0 Å². The molecular formula is C19H19NO3. The summed E-state index contributed by atoms with van der Waals surface area (Å²) in [6, 6.07) is 18.6. The van der Waals surface area contributed by atoms with Gasteiger partial charge in [-0.3, -0.25) is 0 Å². The van der Waals surface area contributed by atoms with E-state index in [0.717, 1.165) is 5.56 Å². The van der Waals surface area contributed by atoms with Gasteiger partial charge in [-0.2, -0.15) is 5.26 Å². The van der Waals surface area contributed by atoms with Gasteiger partial charge >= 0.3 is 5.97 Å². The molecule has 2 aromatic carbocycles. The Morgan fingerprint density at radius 1 is 1.17 bits per heavy atom. The molecule has 23 heavy (non-hydrogen) atoms. The SMILES string of the molecule is CCOC(=O)[C@](C#N)(Cc1ccccc1)c1cccc(OC)c1. The van der Waals surface area contributed by atoms with Gasteiger partial charge in [0.05, 0.1) is 19.8 Å². The van der Waals surface area contributed by atoms with E-state index in [1.807, 2.05) is 30.3 Å². The van der Waals surface area contributed by atoms with E-state index in [2.05, 4.69) is 6.07 Å². The van der Waals surface area contributed by atoms with Crippen molar-refractivity contribution in [2.75, 3.05) is 13.7 Å². The summed E-state index contributed by atoms with van der Waals surface area (Å²) >= 11 is 0. The van der Waals surface area contributed by atoms with Crippen LogP contribution in [0.15, 0.2) is 54.6 Å². The third-order valence-corrected chi connectivity index (χ3v) is 3.69. The topological polar surface area (TPSA) is 59.3 Å². The quantitative estimate of drug-likeness (QED) is 0.768. The number of ether oxygens (including phenoxy) is 2. The third kappa shape index (κ3) is 3.51. The van der Waals surface area contributed by atoms with Crippen molar-refractivity contribution in [3.63, 3.8) is 0 Å². The molecule has 0 heterocycles. The monoisotopic (exact) mass is 309 g/mol. The second-order valence-electron chi connectivity index (χ2n) is 5.13. The van der Waals surface area contributed by atoms with Crippen LogP contribution in [0, 0.1) is 11.3 Å². The van der Waals surface area contributed by atoms with E-state index in [0.29, 0.717) is 11.3 Å². The summed E-state index contributed by atoms with van der Waals surface area (Å²) in [6.45, 7) is 1.95. The van der Waals surface area contributed by atoms with Crippen molar-refractivity contribution in [3.8, 4) is 11.8 Å². The first-order valence-electron chi connectivity index (χ1n) is 7.43. The molecular weight excluding hydrogens is 290 g/mol. The van der Waals surface area contributed by atoms with Gasteiger partial charge in [0.25, 0.3) is 0 Å². The van der Waals surface area contributed by atoms with Gasteiger partial charge < -0.3 is 9.47 Å². The van der Waals surface area contributed by atoms with E-state index in [4.69, 9.17) is 9.47 Å². The standard InChI is InChI=1S/C19H19NO3/c1-3-23-18(21)19(14-20,13-15-8-5-4-6-9-15)16-10-7-11-17(12-16)22-2/h4-12H,3,13H2,1-2H3/t19-/m0/s1. The molecule has 0 saturated heterocycles. The summed E-state index contributed by atoms with van der Waals surface area (Å²) in [5.41, 5.74) is 0.0675. The minimum absolute atomic E-state index is 0.223. The fourth-order valence-electron chi connectivity index (χ4n) is 2.49. The van der Waals surface area contributed by atoms with E-state index in [1.54, 1.807) is 38.3 Å². The lowest BCUT2D eigenvalue weighted by Gasteiger charge is -2.25. The van der Waals surface area contributed by atoms with Crippen LogP contribution in [0.2, 0.25) is 0 Å². The molecule has 0 N–H and O–H groups in total. The second-order valence-corrected chi connectivity index (χ2v) is 5.13. The molecule has 0 aliphatic rings.